The second-order valence-corrected chi connectivity index (χ2v) is 6.80. The van der Waals surface area contributed by atoms with E-state index in [2.05, 4.69) is 38.1 Å². The Hall–Kier alpha value is -2.00. The van der Waals surface area contributed by atoms with Crippen LogP contribution in [0.25, 0.3) is 11.3 Å². The van der Waals surface area contributed by atoms with Gasteiger partial charge in [-0.1, -0.05) is 42.5 Å². The number of thiazole rings is 1. The van der Waals surface area contributed by atoms with Crippen LogP contribution in [0.15, 0.2) is 58.9 Å². The molecule has 0 spiro atoms. The molecule has 2 aromatic carbocycles. The lowest BCUT2D eigenvalue weighted by molar-refractivity contribution is 0.617. The first-order valence-corrected chi connectivity index (χ1v) is 9.23. The third-order valence-corrected chi connectivity index (χ3v) is 4.78. The molecule has 0 unspecified atom stereocenters. The maximum atomic E-state index is 13.3. The van der Waals surface area contributed by atoms with Crippen molar-refractivity contribution in [3.63, 3.8) is 0 Å². The Morgan fingerprint density at radius 1 is 1.11 bits per heavy atom. The highest BCUT2D eigenvalue weighted by molar-refractivity contribution is 14.0. The molecule has 4 nitrogen and oxygen atoms in total. The van der Waals surface area contributed by atoms with Crippen LogP contribution in [0.3, 0.4) is 0 Å². The van der Waals surface area contributed by atoms with Gasteiger partial charge in [-0.3, -0.25) is 4.99 Å². The van der Waals surface area contributed by atoms with Crippen LogP contribution in [0.1, 0.15) is 16.1 Å². The van der Waals surface area contributed by atoms with Crippen LogP contribution < -0.4 is 10.6 Å². The van der Waals surface area contributed by atoms with Gasteiger partial charge in [0.25, 0.3) is 0 Å². The van der Waals surface area contributed by atoms with Crippen molar-refractivity contribution < 1.29 is 4.39 Å². The molecule has 0 saturated heterocycles. The van der Waals surface area contributed by atoms with Gasteiger partial charge in [-0.2, -0.15) is 0 Å². The van der Waals surface area contributed by atoms with E-state index in [4.69, 9.17) is 0 Å². The number of nitrogens with zero attached hydrogens (tertiary/aromatic N) is 2. The van der Waals surface area contributed by atoms with Gasteiger partial charge < -0.3 is 10.6 Å². The summed E-state index contributed by atoms with van der Waals surface area (Å²) in [6.07, 6.45) is 0. The van der Waals surface area contributed by atoms with Crippen LogP contribution in [0.4, 0.5) is 4.39 Å². The third kappa shape index (κ3) is 6.00. The summed E-state index contributed by atoms with van der Waals surface area (Å²) in [4.78, 5) is 8.88. The summed E-state index contributed by atoms with van der Waals surface area (Å²) in [6.45, 7) is 2.94. The molecule has 0 amide bonds. The van der Waals surface area contributed by atoms with Crippen molar-refractivity contribution >= 4 is 41.3 Å². The van der Waals surface area contributed by atoms with E-state index in [0.29, 0.717) is 24.6 Å². The lowest BCUT2D eigenvalue weighted by Crippen LogP contribution is -2.36. The molecule has 0 saturated carbocycles. The summed E-state index contributed by atoms with van der Waals surface area (Å²) < 4.78 is 13.3. The molecule has 3 aromatic rings. The molecule has 0 aliphatic rings. The van der Waals surface area contributed by atoms with Crippen molar-refractivity contribution in [2.75, 3.05) is 7.05 Å². The lowest BCUT2D eigenvalue weighted by Gasteiger charge is -2.11. The number of guanidine groups is 1. The van der Waals surface area contributed by atoms with Crippen LogP contribution in [0.2, 0.25) is 0 Å². The Kier molecular flexibility index (Phi) is 8.18. The first-order chi connectivity index (χ1) is 12.7. The molecule has 1 heterocycles. The molecule has 0 aliphatic heterocycles. The van der Waals surface area contributed by atoms with Crippen molar-refractivity contribution in [1.29, 1.82) is 0 Å². The summed E-state index contributed by atoms with van der Waals surface area (Å²) in [5.74, 6) is 0.498. The molecular formula is C20H22FIN4S. The van der Waals surface area contributed by atoms with Gasteiger partial charge in [0.2, 0.25) is 0 Å². The fourth-order valence-corrected chi connectivity index (χ4v) is 3.26. The predicted molar refractivity (Wildman–Crippen MR) is 121 cm³/mol. The van der Waals surface area contributed by atoms with Crippen molar-refractivity contribution in [3.05, 3.63) is 75.9 Å². The topological polar surface area (TPSA) is 49.3 Å². The fraction of sp³-hybridized carbons (Fsp3) is 0.200. The first kappa shape index (κ1) is 21.3. The van der Waals surface area contributed by atoms with E-state index in [1.54, 1.807) is 31.4 Å². The Bertz CT molecular complexity index is 896. The van der Waals surface area contributed by atoms with Gasteiger partial charge in [-0.25, -0.2) is 9.37 Å². The van der Waals surface area contributed by atoms with E-state index in [-0.39, 0.29) is 29.8 Å². The number of hydrogen-bond acceptors (Lipinski definition) is 3. The number of halogens is 2. The lowest BCUT2D eigenvalue weighted by atomic mass is 10.1. The molecule has 0 fully saturated rings. The summed E-state index contributed by atoms with van der Waals surface area (Å²) in [5.41, 5.74) is 3.75. The highest BCUT2D eigenvalue weighted by atomic mass is 127. The molecule has 142 valence electrons. The average Bonchev–Trinajstić information content (AvgIpc) is 3.14. The monoisotopic (exact) mass is 496 g/mol. The van der Waals surface area contributed by atoms with Crippen molar-refractivity contribution in [2.45, 2.75) is 20.0 Å². The average molecular weight is 496 g/mol. The van der Waals surface area contributed by atoms with E-state index in [1.165, 1.54) is 6.07 Å². The SMILES string of the molecule is CN=C(NCc1ccc(F)c(C)c1)NCc1nc(-c2ccccc2)cs1.I. The van der Waals surface area contributed by atoms with Crippen molar-refractivity contribution in [1.82, 2.24) is 15.6 Å². The molecular weight excluding hydrogens is 474 g/mol. The van der Waals surface area contributed by atoms with Crippen LogP contribution in [0.5, 0.6) is 0 Å². The summed E-state index contributed by atoms with van der Waals surface area (Å²) in [6, 6.07) is 15.2. The second-order valence-electron chi connectivity index (χ2n) is 5.86. The number of aromatic nitrogens is 1. The molecule has 7 heteroatoms. The number of nitrogens with one attached hydrogen (secondary N) is 2. The number of aliphatic imine (C=N–C) groups is 1. The molecule has 0 bridgehead atoms. The second kappa shape index (κ2) is 10.4. The zero-order valence-electron chi connectivity index (χ0n) is 15.2. The van der Waals surface area contributed by atoms with Crippen molar-refractivity contribution in [3.8, 4) is 11.3 Å². The first-order valence-electron chi connectivity index (χ1n) is 8.35. The Morgan fingerprint density at radius 3 is 2.56 bits per heavy atom. The summed E-state index contributed by atoms with van der Waals surface area (Å²) in [7, 11) is 1.72. The smallest absolute Gasteiger partial charge is 0.191 e. The molecule has 2 N–H and O–H groups in total. The summed E-state index contributed by atoms with van der Waals surface area (Å²) >= 11 is 1.62. The van der Waals surface area contributed by atoms with E-state index in [0.717, 1.165) is 21.8 Å². The molecule has 0 radical (unpaired) electrons. The van der Waals surface area contributed by atoms with Gasteiger partial charge in [0.15, 0.2) is 5.96 Å². The minimum atomic E-state index is -0.186. The normalized spacial score (nSPS) is 11.0. The minimum absolute atomic E-state index is 0. The number of aryl methyl sites for hydroxylation is 1. The van der Waals surface area contributed by atoms with E-state index in [9.17, 15) is 4.39 Å². The predicted octanol–water partition coefficient (Wildman–Crippen LogP) is 4.74. The van der Waals surface area contributed by atoms with E-state index < -0.39 is 0 Å². The molecule has 0 atom stereocenters. The molecule has 3 rings (SSSR count). The largest absolute Gasteiger partial charge is 0.352 e. The maximum Gasteiger partial charge on any atom is 0.191 e. The van der Waals surface area contributed by atoms with Crippen LogP contribution in [-0.2, 0) is 13.1 Å². The molecule has 27 heavy (non-hydrogen) atoms. The van der Waals surface area contributed by atoms with Gasteiger partial charge in [0.1, 0.15) is 10.8 Å². The van der Waals surface area contributed by atoms with Crippen molar-refractivity contribution in [2.24, 2.45) is 4.99 Å². The fourth-order valence-electron chi connectivity index (χ4n) is 2.52. The van der Waals surface area contributed by atoms with Gasteiger partial charge in [-0.15, -0.1) is 35.3 Å². The third-order valence-electron chi connectivity index (χ3n) is 3.93. The Balaban J connectivity index is 0.00000261. The number of rotatable bonds is 5. The van der Waals surface area contributed by atoms with Gasteiger partial charge >= 0.3 is 0 Å². The highest BCUT2D eigenvalue weighted by Gasteiger charge is 2.06. The molecule has 0 aliphatic carbocycles. The van der Waals surface area contributed by atoms with Gasteiger partial charge in [0, 0.05) is 24.5 Å². The van der Waals surface area contributed by atoms with Crippen LogP contribution in [0, 0.1) is 12.7 Å². The standard InChI is InChI=1S/C20H21FN4S.HI/c1-14-10-15(8-9-17(14)21)11-23-20(22-2)24-12-19-25-18(13-26-19)16-6-4-3-5-7-16;/h3-10,13H,11-12H2,1-2H3,(H2,22,23,24);1H. The maximum absolute atomic E-state index is 13.3. The Labute approximate surface area is 180 Å². The van der Waals surface area contributed by atoms with Gasteiger partial charge in [-0.05, 0) is 24.1 Å². The van der Waals surface area contributed by atoms with Crippen LogP contribution in [-0.4, -0.2) is 18.0 Å². The van der Waals surface area contributed by atoms with E-state index in [1.807, 2.05) is 24.3 Å². The van der Waals surface area contributed by atoms with E-state index >= 15 is 0 Å². The van der Waals surface area contributed by atoms with Gasteiger partial charge in [0.05, 0.1) is 12.2 Å². The summed E-state index contributed by atoms with van der Waals surface area (Å²) in [5, 5.41) is 9.54. The zero-order chi connectivity index (χ0) is 18.4. The minimum Gasteiger partial charge on any atom is -0.352 e. The number of hydrogen-bond donors (Lipinski definition) is 2. The zero-order valence-corrected chi connectivity index (χ0v) is 18.3. The number of benzene rings is 2. The highest BCUT2D eigenvalue weighted by Crippen LogP contribution is 2.21. The quantitative estimate of drug-likeness (QED) is 0.305. The van der Waals surface area contributed by atoms with Crippen LogP contribution >= 0.6 is 35.3 Å². The Morgan fingerprint density at radius 2 is 1.85 bits per heavy atom. The molecule has 1 aromatic heterocycles.